The highest BCUT2D eigenvalue weighted by Gasteiger charge is 2.47. The summed E-state index contributed by atoms with van der Waals surface area (Å²) in [5.41, 5.74) is -1.60. The van der Waals surface area contributed by atoms with Crippen LogP contribution in [-0.2, 0) is 0 Å². The summed E-state index contributed by atoms with van der Waals surface area (Å²) in [5.74, 6) is 0. The molecule has 0 radical (unpaired) electrons. The van der Waals surface area contributed by atoms with Crippen molar-refractivity contribution in [1.82, 2.24) is 4.90 Å². The molecule has 0 saturated carbocycles. The minimum atomic E-state index is -2.70. The van der Waals surface area contributed by atoms with E-state index in [0.717, 1.165) is 4.90 Å². The smallest absolute Gasteiger partial charge is 0.115 e. The Bertz CT molecular complexity index is 318. The van der Waals surface area contributed by atoms with E-state index >= 15 is 0 Å². The van der Waals surface area contributed by atoms with Crippen LogP contribution in [0.15, 0.2) is 0 Å². The molecule has 0 aromatic heterocycles. The third-order valence-electron chi connectivity index (χ3n) is 2.38. The van der Waals surface area contributed by atoms with Crippen LogP contribution in [0.3, 0.4) is 0 Å². The van der Waals surface area contributed by atoms with Crippen molar-refractivity contribution < 1.29 is 16.4 Å². The molecule has 2 atom stereocenters. The lowest BCUT2D eigenvalue weighted by Crippen LogP contribution is -2.41. The van der Waals surface area contributed by atoms with Gasteiger partial charge in [-0.3, -0.25) is 4.90 Å². The van der Waals surface area contributed by atoms with E-state index in [1.807, 2.05) is 0 Å². The summed E-state index contributed by atoms with van der Waals surface area (Å²) in [6, 6.07) is 0. The van der Waals surface area contributed by atoms with Crippen LogP contribution in [0.1, 0.15) is 26.1 Å². The normalized spacial score (nSPS) is 64.0. The summed E-state index contributed by atoms with van der Waals surface area (Å²) in [7, 11) is 0. The van der Waals surface area contributed by atoms with Crippen molar-refractivity contribution in [2.45, 2.75) is 30.9 Å². The van der Waals surface area contributed by atoms with Gasteiger partial charge in [-0.1, -0.05) is 0 Å². The first-order valence-electron chi connectivity index (χ1n) is 6.19. The molecule has 2 aliphatic heterocycles. The Morgan fingerprint density at radius 2 is 2.82 bits per heavy atom. The third kappa shape index (κ3) is 0.983. The van der Waals surface area contributed by atoms with Gasteiger partial charge in [-0.2, -0.15) is 0 Å². The Kier molecular flexibility index (Phi) is 0.816. The largest absolute Gasteiger partial charge is 0.394 e. The average Bonchev–Trinajstić information content (AvgIpc) is 2.45. The zero-order valence-corrected chi connectivity index (χ0v) is 6.10. The molecule has 0 unspecified atom stereocenters. The standard InChI is InChI=1S/C8H14FNO/c9-7-4-8(6-11)2-1-3-10(8)5-7/h7,11H,1-6H2/t7-,8+/m0/s1/i3D2,6D2,7D. The van der Waals surface area contributed by atoms with Gasteiger partial charge in [0.2, 0.25) is 0 Å². The van der Waals surface area contributed by atoms with Crippen LogP contribution in [0, 0.1) is 0 Å². The lowest BCUT2D eigenvalue weighted by Gasteiger charge is -2.28. The van der Waals surface area contributed by atoms with Crippen LogP contribution in [0.5, 0.6) is 0 Å². The maximum Gasteiger partial charge on any atom is 0.115 e. The van der Waals surface area contributed by atoms with Crippen LogP contribution < -0.4 is 0 Å². The number of aliphatic hydroxyl groups is 1. The monoisotopic (exact) mass is 164 g/mol. The Morgan fingerprint density at radius 1 is 2.00 bits per heavy atom. The molecule has 3 heteroatoms. The van der Waals surface area contributed by atoms with Gasteiger partial charge in [0.15, 0.2) is 0 Å². The molecule has 2 heterocycles. The van der Waals surface area contributed by atoms with E-state index in [-0.39, 0.29) is 12.8 Å². The van der Waals surface area contributed by atoms with E-state index in [9.17, 15) is 9.50 Å². The fourth-order valence-corrected chi connectivity index (χ4v) is 1.78. The second kappa shape index (κ2) is 2.42. The molecule has 2 nitrogen and oxygen atoms in total. The molecule has 0 spiro atoms. The molecule has 11 heavy (non-hydrogen) atoms. The Labute approximate surface area is 73.0 Å². The van der Waals surface area contributed by atoms with Crippen LogP contribution in [0.4, 0.5) is 4.39 Å². The van der Waals surface area contributed by atoms with Gasteiger partial charge in [0.05, 0.1) is 10.7 Å². The summed E-state index contributed by atoms with van der Waals surface area (Å²) >= 11 is 0. The molecule has 0 aromatic carbocycles. The molecule has 2 fully saturated rings. The molecule has 0 amide bonds. The van der Waals surface area contributed by atoms with Gasteiger partial charge in [0.25, 0.3) is 0 Å². The topological polar surface area (TPSA) is 23.5 Å². The molecular weight excluding hydrogens is 145 g/mol. The van der Waals surface area contributed by atoms with Crippen molar-refractivity contribution in [3.63, 3.8) is 0 Å². The Balaban J connectivity index is 2.44. The van der Waals surface area contributed by atoms with Crippen molar-refractivity contribution in [3.05, 3.63) is 0 Å². The fourth-order valence-electron chi connectivity index (χ4n) is 1.78. The molecular formula is C8H14FNO. The summed E-state index contributed by atoms with van der Waals surface area (Å²) in [6.45, 7) is -5.06. The lowest BCUT2D eigenvalue weighted by atomic mass is 9.95. The number of halogens is 1. The molecule has 0 aliphatic carbocycles. The second-order valence-corrected chi connectivity index (χ2v) is 3.08. The molecule has 0 aromatic rings. The Morgan fingerprint density at radius 3 is 3.45 bits per heavy atom. The van der Waals surface area contributed by atoms with Gasteiger partial charge in [-0.15, -0.1) is 0 Å². The summed E-state index contributed by atoms with van der Waals surface area (Å²) in [5, 5.41) is 9.52. The fraction of sp³-hybridized carbons (Fsp3) is 1.00. The summed E-state index contributed by atoms with van der Waals surface area (Å²) < 4.78 is 51.0. The highest BCUT2D eigenvalue weighted by atomic mass is 19.1. The van der Waals surface area contributed by atoms with E-state index in [1.165, 1.54) is 0 Å². The van der Waals surface area contributed by atoms with Crippen LogP contribution in [0.25, 0.3) is 0 Å². The zero-order valence-electron chi connectivity index (χ0n) is 11.1. The maximum absolute atomic E-state index is 13.6. The predicted molar refractivity (Wildman–Crippen MR) is 40.1 cm³/mol. The highest BCUT2D eigenvalue weighted by Crippen LogP contribution is 2.39. The number of fused-ring (bicyclic) bond motifs is 1. The number of alkyl halides is 1. The van der Waals surface area contributed by atoms with Gasteiger partial charge in [-0.25, -0.2) is 4.39 Å². The van der Waals surface area contributed by atoms with Gasteiger partial charge in [0.1, 0.15) is 6.15 Å². The van der Waals surface area contributed by atoms with E-state index in [4.69, 9.17) is 6.85 Å². The zero-order chi connectivity index (χ0) is 12.4. The molecule has 64 valence electrons. The van der Waals surface area contributed by atoms with Crippen LogP contribution in [-0.4, -0.2) is 41.3 Å². The SMILES string of the molecule is [2H]C1([2H])CC[C@]2(C([2H])([2H])O)C[C@]([2H])(F)CN12. The van der Waals surface area contributed by atoms with Crippen molar-refractivity contribution in [2.75, 3.05) is 19.6 Å². The van der Waals surface area contributed by atoms with Gasteiger partial charge >= 0.3 is 0 Å². The molecule has 2 saturated heterocycles. The first-order valence-corrected chi connectivity index (χ1v) is 3.69. The van der Waals surface area contributed by atoms with Crippen molar-refractivity contribution in [1.29, 1.82) is 0 Å². The minimum Gasteiger partial charge on any atom is -0.394 e. The number of hydrogen-bond donors (Lipinski definition) is 1. The molecule has 2 rings (SSSR count). The van der Waals surface area contributed by atoms with E-state index in [2.05, 4.69) is 0 Å². The third-order valence-corrected chi connectivity index (χ3v) is 2.38. The van der Waals surface area contributed by atoms with Gasteiger partial charge in [-0.05, 0) is 19.3 Å². The lowest BCUT2D eigenvalue weighted by molar-refractivity contribution is 0.0996. The maximum atomic E-state index is 13.6. The number of hydrogen-bond acceptors (Lipinski definition) is 2. The quantitative estimate of drug-likeness (QED) is 0.612. The minimum absolute atomic E-state index is 0.0219. The second-order valence-electron chi connectivity index (χ2n) is 3.08. The summed E-state index contributed by atoms with van der Waals surface area (Å²) in [4.78, 5) is 0.979. The van der Waals surface area contributed by atoms with E-state index in [0.29, 0.717) is 0 Å². The van der Waals surface area contributed by atoms with Crippen molar-refractivity contribution in [2.24, 2.45) is 0 Å². The van der Waals surface area contributed by atoms with Crippen LogP contribution in [0.2, 0.25) is 0 Å². The average molecular weight is 164 g/mol. The number of rotatable bonds is 1. The first kappa shape index (κ1) is 3.71. The first-order chi connectivity index (χ1) is 7.00. The van der Waals surface area contributed by atoms with E-state index < -0.39 is 37.7 Å². The van der Waals surface area contributed by atoms with Gasteiger partial charge in [0, 0.05) is 21.2 Å². The Hall–Kier alpha value is -0.150. The van der Waals surface area contributed by atoms with Crippen LogP contribution >= 0.6 is 0 Å². The molecule has 2 aliphatic rings. The van der Waals surface area contributed by atoms with Crippen molar-refractivity contribution in [3.8, 4) is 0 Å². The molecule has 0 bridgehead atoms. The summed E-state index contributed by atoms with van der Waals surface area (Å²) in [6.07, 6.45) is -2.83. The van der Waals surface area contributed by atoms with E-state index in [1.54, 1.807) is 0 Å². The number of nitrogens with zero attached hydrogens (tertiary/aromatic N) is 1. The predicted octanol–water partition coefficient (Wildman–Crippen LogP) is 0.555. The molecule has 1 N–H and O–H groups in total. The highest BCUT2D eigenvalue weighted by molar-refractivity contribution is 5.03. The van der Waals surface area contributed by atoms with Crippen molar-refractivity contribution >= 4 is 0 Å². The van der Waals surface area contributed by atoms with Gasteiger partial charge < -0.3 is 5.11 Å².